The molecule has 3 heterocycles. The Bertz CT molecular complexity index is 9450. The van der Waals surface area contributed by atoms with Crippen LogP contribution in [0.5, 0.6) is 11.5 Å². The number of hydrogen-bond acceptors (Lipinski definition) is 5. The van der Waals surface area contributed by atoms with Crippen molar-refractivity contribution in [2.24, 2.45) is 0 Å². The Hall–Kier alpha value is -12.1. The standard InChI is InChI=1S/C113H69N3O2/c1-4-6-8-10-12-14-16-18-20-24-38-117-51-41-48(35-30-45-31-36-50(115-42-45)49-26-22-23-37-114-49)52(118-39-25-21-19-17-15-13-11-9-7-5-2)40-47(51)34-29-44-27-32-46(33-28-44)111-113-109-103-97-87-75-67-59-55-53-54-57-61(59)69(75)79-73-65(57)66-58(54)62-60-56(53)64-63(55)71-77(67)85-91-81(71)82-72(64)78-68(60)76-70(62)80-74(66)84-83(73)95(89(79)97)105(109)106-96(84)90(80)98-88(76)94-86(78)92(82)100-99(91)107(101(103)93(85)87)112(113,43-116(111)3)108(100)102(94)104(98)110(106)113/h22-23,26-28,31-33,36-37,40-42,111H,4-21,24-25,38-39,43H2,1-3H3. The second-order valence-corrected chi connectivity index (χ2v) is 39.5. The first kappa shape index (κ1) is 58.7. The van der Waals surface area contributed by atoms with E-state index in [1.807, 2.05) is 36.7 Å². The van der Waals surface area contributed by atoms with Gasteiger partial charge in [0.05, 0.1) is 46.6 Å². The smallest absolute Gasteiger partial charge is 0.136 e. The van der Waals surface area contributed by atoms with Gasteiger partial charge in [-0.15, -0.1) is 0 Å². The molecule has 2 spiro atoms. The lowest BCUT2D eigenvalue weighted by Gasteiger charge is -2.52. The molecule has 5 aliphatic rings. The second-order valence-electron chi connectivity index (χ2n) is 39.5. The predicted molar refractivity (Wildman–Crippen MR) is 496 cm³/mol. The maximum absolute atomic E-state index is 7.02. The fourth-order valence-corrected chi connectivity index (χ4v) is 32.3. The first-order valence-electron chi connectivity index (χ1n) is 45.5. The van der Waals surface area contributed by atoms with E-state index in [9.17, 15) is 0 Å². The first-order valence-corrected chi connectivity index (χ1v) is 45.5. The molecule has 2 aromatic heterocycles. The van der Waals surface area contributed by atoms with E-state index in [4.69, 9.17) is 14.5 Å². The van der Waals surface area contributed by atoms with Gasteiger partial charge < -0.3 is 9.47 Å². The minimum atomic E-state index is -0.449. The van der Waals surface area contributed by atoms with Gasteiger partial charge in [-0.2, -0.15) is 0 Å². The molecule has 1 saturated heterocycles. The molecule has 1 aliphatic heterocycles. The van der Waals surface area contributed by atoms with Crippen molar-refractivity contribution in [3.8, 4) is 46.6 Å². The number of rotatable bonds is 26. The minimum absolute atomic E-state index is 0.0227. The normalized spacial score (nSPS) is 18.7. The van der Waals surface area contributed by atoms with Crippen molar-refractivity contribution < 1.29 is 9.47 Å². The molecule has 5 nitrogen and oxygen atoms in total. The van der Waals surface area contributed by atoms with E-state index < -0.39 is 5.41 Å². The number of unbranched alkanes of at least 4 members (excludes halogenated alkanes) is 18. The Kier molecular flexibility index (Phi) is 8.94. The highest BCUT2D eigenvalue weighted by Gasteiger charge is 2.76. The van der Waals surface area contributed by atoms with Crippen LogP contribution in [-0.4, -0.2) is 41.7 Å². The average Bonchev–Trinajstić information content (AvgIpc) is 1.38. The van der Waals surface area contributed by atoms with Crippen LogP contribution in [0.25, 0.3) is 302 Å². The Morgan fingerprint density at radius 3 is 0.898 bits per heavy atom. The van der Waals surface area contributed by atoms with Gasteiger partial charge in [-0.1, -0.05) is 171 Å². The molecule has 37 rings (SSSR count). The second kappa shape index (κ2) is 18.0. The summed E-state index contributed by atoms with van der Waals surface area (Å²) in [6.45, 7) is 6.82. The van der Waals surface area contributed by atoms with E-state index in [1.165, 1.54) is 108 Å². The van der Waals surface area contributed by atoms with E-state index in [-0.39, 0.29) is 11.5 Å². The van der Waals surface area contributed by atoms with Crippen molar-refractivity contribution in [3.05, 3.63) is 129 Å². The van der Waals surface area contributed by atoms with Crippen LogP contribution in [0, 0.1) is 23.7 Å². The lowest BCUT2D eigenvalue weighted by atomic mass is 9.47. The van der Waals surface area contributed by atoms with E-state index in [0.717, 1.165) is 77.4 Å². The van der Waals surface area contributed by atoms with Crippen LogP contribution in [-0.2, 0) is 10.8 Å². The fourth-order valence-electron chi connectivity index (χ4n) is 32.3. The summed E-state index contributed by atoms with van der Waals surface area (Å²) in [6, 6.07) is 24.3. The van der Waals surface area contributed by atoms with Crippen molar-refractivity contribution in [1.29, 1.82) is 0 Å². The van der Waals surface area contributed by atoms with Crippen molar-refractivity contribution in [2.75, 3.05) is 26.8 Å². The molecule has 32 aromatic rings. The van der Waals surface area contributed by atoms with E-state index >= 15 is 0 Å². The molecule has 548 valence electrons. The fraction of sp³-hybridized carbons (Fsp3) is 0.257. The van der Waals surface area contributed by atoms with E-state index in [0.29, 0.717) is 13.2 Å². The number of benzene rings is 20. The molecular formula is C113H69N3O2. The summed E-state index contributed by atoms with van der Waals surface area (Å²) in [5.74, 6) is 16.3. The van der Waals surface area contributed by atoms with E-state index in [1.54, 1.807) is 313 Å². The molecule has 0 radical (unpaired) electrons. The number of likely N-dealkylation sites (N-methyl/N-ethyl adjacent to an activating group) is 1. The van der Waals surface area contributed by atoms with Crippen LogP contribution in [0.4, 0.5) is 0 Å². The highest BCUT2D eigenvalue weighted by molar-refractivity contribution is 6.82. The lowest BCUT2D eigenvalue weighted by molar-refractivity contribution is 0.271. The average molecular weight is 1500 g/mol. The van der Waals surface area contributed by atoms with Crippen LogP contribution < -0.4 is 9.47 Å². The van der Waals surface area contributed by atoms with Crippen LogP contribution in [0.15, 0.2) is 79.1 Å². The summed E-state index contributed by atoms with van der Waals surface area (Å²) in [4.78, 5) is 12.4. The maximum atomic E-state index is 7.02. The zero-order valence-electron chi connectivity index (χ0n) is 66.0. The third kappa shape index (κ3) is 5.11. The molecule has 1 fully saturated rings. The highest BCUT2D eigenvalue weighted by atomic mass is 16.5. The van der Waals surface area contributed by atoms with Gasteiger partial charge in [-0.05, 0) is 375 Å². The minimum Gasteiger partial charge on any atom is -0.492 e. The number of nitrogens with zero attached hydrogens (tertiary/aromatic N) is 3. The van der Waals surface area contributed by atoms with Gasteiger partial charge in [0.15, 0.2) is 0 Å². The molecule has 30 aromatic carbocycles. The zero-order chi connectivity index (χ0) is 74.9. The third-order valence-corrected chi connectivity index (χ3v) is 35.1. The van der Waals surface area contributed by atoms with Gasteiger partial charge >= 0.3 is 0 Å². The van der Waals surface area contributed by atoms with Gasteiger partial charge in [0.1, 0.15) is 11.5 Å². The van der Waals surface area contributed by atoms with Crippen molar-refractivity contribution in [3.63, 3.8) is 0 Å². The van der Waals surface area contributed by atoms with Crippen molar-refractivity contribution >= 4 is 291 Å². The SMILES string of the molecule is CCCCCCCCCCCCOc1cc(C#Cc2ccc(-c3ccccn3)nc2)c(OCCCCCCCCCCCC)cc1C#Cc1ccc(C2N(C)CC34c5c6c7c8c9c%10c(c%11c%12c3c3c5c5c%13c6c6c7c7c9c9c%14c%10c%10c%11c%11c%12c%12c3c3c5c5c%13c%13c6c6c7c9c7c9c%14c%10c%10c%11c%11c%12c3c3c5c5c%13c6c7c6c9c%10c%11c3c56)C824)cc1. The highest BCUT2D eigenvalue weighted by Crippen LogP contribution is 2.87. The molecule has 4 aliphatic carbocycles. The van der Waals surface area contributed by atoms with Crippen LogP contribution in [0.3, 0.4) is 0 Å². The maximum Gasteiger partial charge on any atom is 0.136 e. The van der Waals surface area contributed by atoms with Gasteiger partial charge in [0.2, 0.25) is 0 Å². The topological polar surface area (TPSA) is 47.5 Å². The molecule has 0 amide bonds. The van der Waals surface area contributed by atoms with Crippen LogP contribution in [0.2, 0.25) is 0 Å². The van der Waals surface area contributed by atoms with Gasteiger partial charge in [0, 0.05) is 48.2 Å². The first-order chi connectivity index (χ1) is 58.6. The molecule has 0 saturated carbocycles. The molecular weight excluding hydrogens is 1430 g/mol. The van der Waals surface area contributed by atoms with Crippen molar-refractivity contribution in [2.45, 2.75) is 159 Å². The zero-order valence-corrected chi connectivity index (χ0v) is 66.0. The van der Waals surface area contributed by atoms with Crippen molar-refractivity contribution in [1.82, 2.24) is 14.9 Å². The van der Waals surface area contributed by atoms with Gasteiger partial charge in [-0.25, -0.2) is 0 Å². The summed E-state index contributed by atoms with van der Waals surface area (Å²) < 4.78 is 14.0. The summed E-state index contributed by atoms with van der Waals surface area (Å²) in [5.41, 5.74) is 12.7. The lowest BCUT2D eigenvalue weighted by Crippen LogP contribution is -2.51. The Morgan fingerprint density at radius 1 is 0.305 bits per heavy atom. The molecule has 0 N–H and O–H groups in total. The summed E-state index contributed by atoms with van der Waals surface area (Å²) in [5, 5.41) is 88.9. The molecule has 118 heavy (non-hydrogen) atoms. The van der Waals surface area contributed by atoms with Crippen LogP contribution >= 0.6 is 0 Å². The Balaban J connectivity index is 0.577. The summed E-state index contributed by atoms with van der Waals surface area (Å²) >= 11 is 0. The molecule has 1 atom stereocenters. The monoisotopic (exact) mass is 1500 g/mol. The predicted octanol–water partition coefficient (Wildman–Crippen LogP) is 29.8. The largest absolute Gasteiger partial charge is 0.492 e. The third-order valence-electron chi connectivity index (χ3n) is 35.1. The Labute approximate surface area is 672 Å². The van der Waals surface area contributed by atoms with Crippen LogP contribution in [0.1, 0.15) is 198 Å². The number of ether oxygens (including phenoxy) is 2. The molecule has 5 heteroatoms. The molecule has 1 unspecified atom stereocenters. The summed E-state index contributed by atoms with van der Waals surface area (Å²) in [6.07, 6.45) is 29.1. The van der Waals surface area contributed by atoms with Gasteiger partial charge in [0.25, 0.3) is 0 Å². The number of aromatic nitrogens is 2. The molecule has 0 bridgehead atoms. The Morgan fingerprint density at radius 2 is 0.593 bits per heavy atom. The van der Waals surface area contributed by atoms with Gasteiger partial charge in [-0.3, -0.25) is 14.9 Å². The van der Waals surface area contributed by atoms with E-state index in [2.05, 4.69) is 96.9 Å². The number of likely N-dealkylation sites (tertiary alicyclic amines) is 1. The number of pyridine rings is 2. The quantitative estimate of drug-likeness (QED) is 0.0307. The number of hydrogen-bond donors (Lipinski definition) is 0. The summed E-state index contributed by atoms with van der Waals surface area (Å²) in [7, 11) is 2.58.